The van der Waals surface area contributed by atoms with E-state index in [-0.39, 0.29) is 17.8 Å². The molecule has 1 rings (SSSR count). The predicted molar refractivity (Wildman–Crippen MR) is 64.4 cm³/mol. The number of carbonyl (C=O) groups is 1. The molecule has 1 unspecified atom stereocenters. The first kappa shape index (κ1) is 12.6. The number of nitrogens with one attached hydrogen (secondary N) is 1. The number of H-pyrrole nitrogens is 1. The van der Waals surface area contributed by atoms with Crippen LogP contribution in [-0.2, 0) is 9.53 Å². The lowest BCUT2D eigenvalue weighted by atomic mass is 9.95. The Balaban J connectivity index is 2.65. The molecule has 1 N–H and O–H groups in total. The molecule has 1 heterocycles. The van der Waals surface area contributed by atoms with Gasteiger partial charge in [-0.3, -0.25) is 4.79 Å². The van der Waals surface area contributed by atoms with E-state index < -0.39 is 0 Å². The normalized spacial score (nSPS) is 12.6. The van der Waals surface area contributed by atoms with Crippen molar-refractivity contribution in [1.82, 2.24) is 4.98 Å². The summed E-state index contributed by atoms with van der Waals surface area (Å²) < 4.78 is 4.82. The molecule has 0 spiro atoms. The van der Waals surface area contributed by atoms with Crippen LogP contribution >= 0.6 is 0 Å². The number of methoxy groups -OCH3 is 1. The first-order chi connectivity index (χ1) is 7.56. The number of carbonyl (C=O) groups excluding carboxylic acids is 1. The largest absolute Gasteiger partial charge is 0.469 e. The molecular formula is C12H20N2O2. The standard InChI is InChI=1S/C12H20N2O2/c1-9(2)11(12(15)16-4)8-14(3)10-5-6-13-7-10/h5-7,9,11,13H,8H2,1-4H3. The van der Waals surface area contributed by atoms with Gasteiger partial charge in [0.15, 0.2) is 0 Å². The third-order valence-corrected chi connectivity index (χ3v) is 2.80. The van der Waals surface area contributed by atoms with Crippen molar-refractivity contribution in [3.63, 3.8) is 0 Å². The molecule has 0 aliphatic carbocycles. The van der Waals surface area contributed by atoms with Crippen molar-refractivity contribution in [2.24, 2.45) is 11.8 Å². The fourth-order valence-corrected chi connectivity index (χ4v) is 1.66. The molecule has 0 radical (unpaired) electrons. The minimum absolute atomic E-state index is 0.0927. The zero-order valence-electron chi connectivity index (χ0n) is 10.4. The topological polar surface area (TPSA) is 45.3 Å². The second kappa shape index (κ2) is 5.58. The van der Waals surface area contributed by atoms with Crippen molar-refractivity contribution in [2.75, 3.05) is 25.6 Å². The highest BCUT2D eigenvalue weighted by Crippen LogP contribution is 2.18. The molecule has 0 saturated carbocycles. The Morgan fingerprint density at radius 3 is 2.69 bits per heavy atom. The molecule has 0 aromatic carbocycles. The van der Waals surface area contributed by atoms with Gasteiger partial charge in [0, 0.05) is 26.0 Å². The molecule has 0 aliphatic rings. The fraction of sp³-hybridized carbons (Fsp3) is 0.583. The number of ether oxygens (including phenoxy) is 1. The number of hydrogen-bond donors (Lipinski definition) is 1. The Labute approximate surface area is 96.6 Å². The van der Waals surface area contributed by atoms with E-state index in [0.717, 1.165) is 5.69 Å². The highest BCUT2D eigenvalue weighted by atomic mass is 16.5. The monoisotopic (exact) mass is 224 g/mol. The predicted octanol–water partition coefficient (Wildman–Crippen LogP) is 1.90. The fourth-order valence-electron chi connectivity index (χ4n) is 1.66. The van der Waals surface area contributed by atoms with Crippen LogP contribution in [0.1, 0.15) is 13.8 Å². The zero-order valence-corrected chi connectivity index (χ0v) is 10.4. The van der Waals surface area contributed by atoms with Gasteiger partial charge in [-0.2, -0.15) is 0 Å². The minimum Gasteiger partial charge on any atom is -0.469 e. The molecule has 0 bridgehead atoms. The summed E-state index contributed by atoms with van der Waals surface area (Å²) in [6, 6.07) is 1.98. The summed E-state index contributed by atoms with van der Waals surface area (Å²) in [7, 11) is 3.41. The first-order valence-corrected chi connectivity index (χ1v) is 5.48. The van der Waals surface area contributed by atoms with Crippen LogP contribution in [0.15, 0.2) is 18.5 Å². The van der Waals surface area contributed by atoms with E-state index in [1.165, 1.54) is 7.11 Å². The van der Waals surface area contributed by atoms with E-state index in [2.05, 4.69) is 9.88 Å². The van der Waals surface area contributed by atoms with Gasteiger partial charge < -0.3 is 14.6 Å². The smallest absolute Gasteiger partial charge is 0.310 e. The second-order valence-corrected chi connectivity index (χ2v) is 4.32. The maximum Gasteiger partial charge on any atom is 0.310 e. The van der Waals surface area contributed by atoms with Crippen LogP contribution in [0.2, 0.25) is 0 Å². The molecule has 0 amide bonds. The third-order valence-electron chi connectivity index (χ3n) is 2.80. The minimum atomic E-state index is -0.141. The summed E-state index contributed by atoms with van der Waals surface area (Å²) >= 11 is 0. The van der Waals surface area contributed by atoms with Gasteiger partial charge in [-0.25, -0.2) is 0 Å². The van der Waals surface area contributed by atoms with E-state index in [9.17, 15) is 4.79 Å². The van der Waals surface area contributed by atoms with Crippen LogP contribution in [0.25, 0.3) is 0 Å². The zero-order chi connectivity index (χ0) is 12.1. The Hall–Kier alpha value is -1.45. The van der Waals surface area contributed by atoms with Gasteiger partial charge in [0.1, 0.15) is 0 Å². The van der Waals surface area contributed by atoms with E-state index in [1.807, 2.05) is 39.4 Å². The molecule has 4 heteroatoms. The van der Waals surface area contributed by atoms with Crippen LogP contribution in [0, 0.1) is 11.8 Å². The number of rotatable bonds is 5. The summed E-state index contributed by atoms with van der Waals surface area (Å²) in [6.45, 7) is 4.74. The number of hydrogen-bond acceptors (Lipinski definition) is 3. The second-order valence-electron chi connectivity index (χ2n) is 4.32. The molecule has 0 aliphatic heterocycles. The third kappa shape index (κ3) is 3.02. The molecule has 16 heavy (non-hydrogen) atoms. The number of aromatic amines is 1. The van der Waals surface area contributed by atoms with E-state index >= 15 is 0 Å². The van der Waals surface area contributed by atoms with Crippen LogP contribution in [0.4, 0.5) is 5.69 Å². The van der Waals surface area contributed by atoms with Gasteiger partial charge in [0.25, 0.3) is 0 Å². The van der Waals surface area contributed by atoms with E-state index in [1.54, 1.807) is 0 Å². The molecule has 1 aromatic heterocycles. The van der Waals surface area contributed by atoms with Crippen LogP contribution in [0.3, 0.4) is 0 Å². The van der Waals surface area contributed by atoms with Crippen LogP contribution in [-0.4, -0.2) is 31.7 Å². The van der Waals surface area contributed by atoms with Gasteiger partial charge in [0.2, 0.25) is 0 Å². The van der Waals surface area contributed by atoms with Crippen molar-refractivity contribution in [2.45, 2.75) is 13.8 Å². The van der Waals surface area contributed by atoms with Crippen molar-refractivity contribution < 1.29 is 9.53 Å². The van der Waals surface area contributed by atoms with Gasteiger partial charge >= 0.3 is 5.97 Å². The SMILES string of the molecule is COC(=O)C(CN(C)c1cc[nH]c1)C(C)C. The van der Waals surface area contributed by atoms with Gasteiger partial charge in [-0.15, -0.1) is 0 Å². The maximum atomic E-state index is 11.6. The average Bonchev–Trinajstić information content (AvgIpc) is 2.77. The maximum absolute atomic E-state index is 11.6. The van der Waals surface area contributed by atoms with Crippen molar-refractivity contribution in [3.05, 3.63) is 18.5 Å². The number of anilines is 1. The summed E-state index contributed by atoms with van der Waals surface area (Å²) in [5.41, 5.74) is 1.08. The van der Waals surface area contributed by atoms with Gasteiger partial charge in [-0.1, -0.05) is 13.8 Å². The molecule has 0 saturated heterocycles. The highest BCUT2D eigenvalue weighted by Gasteiger charge is 2.24. The quantitative estimate of drug-likeness (QED) is 0.777. The Bertz CT molecular complexity index is 320. The van der Waals surface area contributed by atoms with Crippen molar-refractivity contribution in [1.29, 1.82) is 0 Å². The highest BCUT2D eigenvalue weighted by molar-refractivity contribution is 5.73. The average molecular weight is 224 g/mol. The Morgan fingerprint density at radius 1 is 1.56 bits per heavy atom. The van der Waals surface area contributed by atoms with Gasteiger partial charge in [0.05, 0.1) is 18.7 Å². The lowest BCUT2D eigenvalue weighted by molar-refractivity contribution is -0.146. The van der Waals surface area contributed by atoms with E-state index in [0.29, 0.717) is 6.54 Å². The van der Waals surface area contributed by atoms with Crippen molar-refractivity contribution >= 4 is 11.7 Å². The molecule has 0 fully saturated rings. The number of nitrogens with zero attached hydrogens (tertiary/aromatic N) is 1. The molecule has 1 aromatic rings. The molecular weight excluding hydrogens is 204 g/mol. The Kier molecular flexibility index (Phi) is 4.40. The lowest BCUT2D eigenvalue weighted by Gasteiger charge is -2.25. The lowest BCUT2D eigenvalue weighted by Crippen LogP contribution is -2.34. The van der Waals surface area contributed by atoms with Crippen LogP contribution < -0.4 is 4.90 Å². The summed E-state index contributed by atoms with van der Waals surface area (Å²) in [5, 5.41) is 0. The van der Waals surface area contributed by atoms with Crippen molar-refractivity contribution in [3.8, 4) is 0 Å². The summed E-state index contributed by atoms with van der Waals surface area (Å²) in [6.07, 6.45) is 3.78. The summed E-state index contributed by atoms with van der Waals surface area (Å²) in [5.74, 6) is 0.0381. The number of aromatic nitrogens is 1. The molecule has 1 atom stereocenters. The van der Waals surface area contributed by atoms with E-state index in [4.69, 9.17) is 4.74 Å². The molecule has 90 valence electrons. The molecule has 4 nitrogen and oxygen atoms in total. The van der Waals surface area contributed by atoms with Gasteiger partial charge in [-0.05, 0) is 12.0 Å². The Morgan fingerprint density at radius 2 is 2.25 bits per heavy atom. The summed E-state index contributed by atoms with van der Waals surface area (Å²) in [4.78, 5) is 16.7. The van der Waals surface area contributed by atoms with Crippen LogP contribution in [0.5, 0.6) is 0 Å². The number of esters is 1. The first-order valence-electron chi connectivity index (χ1n) is 5.48.